The lowest BCUT2D eigenvalue weighted by atomic mass is 10.1. The number of ether oxygens (including phenoxy) is 1. The van der Waals surface area contributed by atoms with Crippen LogP contribution in [0.4, 0.5) is 5.69 Å². The molecule has 3 rings (SSSR count). The summed E-state index contributed by atoms with van der Waals surface area (Å²) in [5.41, 5.74) is 1.08. The number of hydrogen-bond acceptors (Lipinski definition) is 5. The fourth-order valence-corrected chi connectivity index (χ4v) is 4.60. The van der Waals surface area contributed by atoms with Gasteiger partial charge < -0.3 is 15.2 Å². The molecule has 0 unspecified atom stereocenters. The number of anilines is 1. The average Bonchev–Trinajstić information content (AvgIpc) is 3.20. The number of carbonyl (C=O) groups is 1. The molecule has 7 nitrogen and oxygen atoms in total. The van der Waals surface area contributed by atoms with Crippen LogP contribution in [0.15, 0.2) is 53.4 Å². The van der Waals surface area contributed by atoms with Gasteiger partial charge in [-0.2, -0.15) is 0 Å². The summed E-state index contributed by atoms with van der Waals surface area (Å²) < 4.78 is 34.3. The van der Waals surface area contributed by atoms with E-state index >= 15 is 0 Å². The smallest absolute Gasteiger partial charge is 0.335 e. The Balaban J connectivity index is 1.87. The zero-order chi connectivity index (χ0) is 20.1. The largest absolute Gasteiger partial charge is 0.478 e. The van der Waals surface area contributed by atoms with Crippen LogP contribution in [0.2, 0.25) is 0 Å². The lowest BCUT2D eigenvalue weighted by Gasteiger charge is -2.19. The van der Waals surface area contributed by atoms with E-state index in [1.54, 1.807) is 6.92 Å². The lowest BCUT2D eigenvalue weighted by Crippen LogP contribution is -2.28. The Morgan fingerprint density at radius 3 is 2.64 bits per heavy atom. The SMILES string of the molecule is C[C@@H](NS(=O)(=O)c1cc(C(=O)O)ccc1NC[C@@H]1CCCO1)c1ccccc1. The van der Waals surface area contributed by atoms with Crippen LogP contribution in [-0.4, -0.2) is 38.7 Å². The van der Waals surface area contributed by atoms with Crippen molar-refractivity contribution >= 4 is 21.7 Å². The summed E-state index contributed by atoms with van der Waals surface area (Å²) in [6.45, 7) is 2.90. The van der Waals surface area contributed by atoms with E-state index in [2.05, 4.69) is 10.0 Å². The molecule has 0 bridgehead atoms. The summed E-state index contributed by atoms with van der Waals surface area (Å²) >= 11 is 0. The molecular formula is C20H24N2O5S. The number of hydrogen-bond donors (Lipinski definition) is 3. The first-order valence-corrected chi connectivity index (χ1v) is 10.7. The Morgan fingerprint density at radius 2 is 2.00 bits per heavy atom. The highest BCUT2D eigenvalue weighted by Gasteiger charge is 2.24. The zero-order valence-electron chi connectivity index (χ0n) is 15.6. The molecule has 2 aromatic rings. The van der Waals surface area contributed by atoms with Crippen molar-refractivity contribution in [3.63, 3.8) is 0 Å². The van der Waals surface area contributed by atoms with Gasteiger partial charge in [0.25, 0.3) is 0 Å². The van der Waals surface area contributed by atoms with E-state index in [4.69, 9.17) is 4.74 Å². The predicted octanol–water partition coefficient (Wildman–Crippen LogP) is 3.02. The first-order valence-electron chi connectivity index (χ1n) is 9.17. The highest BCUT2D eigenvalue weighted by atomic mass is 32.2. The maximum atomic E-state index is 13.0. The molecule has 1 aliphatic rings. The number of carboxylic acids is 1. The highest BCUT2D eigenvalue weighted by molar-refractivity contribution is 7.89. The monoisotopic (exact) mass is 404 g/mol. The minimum Gasteiger partial charge on any atom is -0.478 e. The Morgan fingerprint density at radius 1 is 1.25 bits per heavy atom. The minimum absolute atomic E-state index is 0.0194. The number of nitrogens with one attached hydrogen (secondary N) is 2. The van der Waals surface area contributed by atoms with Crippen LogP contribution in [0.25, 0.3) is 0 Å². The van der Waals surface area contributed by atoms with Crippen molar-refractivity contribution in [3.05, 3.63) is 59.7 Å². The number of carboxylic acid groups (broad SMARTS) is 1. The molecule has 2 aromatic carbocycles. The minimum atomic E-state index is -3.96. The maximum Gasteiger partial charge on any atom is 0.335 e. The van der Waals surface area contributed by atoms with Gasteiger partial charge in [0.2, 0.25) is 10.0 Å². The van der Waals surface area contributed by atoms with Crippen LogP contribution in [-0.2, 0) is 14.8 Å². The number of sulfonamides is 1. The van der Waals surface area contributed by atoms with E-state index in [-0.39, 0.29) is 16.6 Å². The molecule has 1 aliphatic heterocycles. The summed E-state index contributed by atoms with van der Waals surface area (Å²) in [5.74, 6) is -1.18. The summed E-state index contributed by atoms with van der Waals surface area (Å²) in [4.78, 5) is 11.3. The topological polar surface area (TPSA) is 105 Å². The Kier molecular flexibility index (Phi) is 6.33. The second-order valence-electron chi connectivity index (χ2n) is 6.79. The third-order valence-electron chi connectivity index (χ3n) is 4.69. The van der Waals surface area contributed by atoms with Gasteiger partial charge >= 0.3 is 5.97 Å². The first-order chi connectivity index (χ1) is 13.4. The zero-order valence-corrected chi connectivity index (χ0v) is 16.4. The van der Waals surface area contributed by atoms with Crippen molar-refractivity contribution in [3.8, 4) is 0 Å². The summed E-state index contributed by atoms with van der Waals surface area (Å²) in [5, 5.41) is 12.4. The fraction of sp³-hybridized carbons (Fsp3) is 0.350. The average molecular weight is 404 g/mol. The Labute approximate surface area is 164 Å². The Bertz CT molecular complexity index is 925. The molecule has 0 radical (unpaired) electrons. The molecular weight excluding hydrogens is 380 g/mol. The van der Waals surface area contributed by atoms with Crippen LogP contribution >= 0.6 is 0 Å². The third-order valence-corrected chi connectivity index (χ3v) is 6.27. The predicted molar refractivity (Wildman–Crippen MR) is 106 cm³/mol. The normalized spacial score (nSPS) is 18.0. The van der Waals surface area contributed by atoms with Gasteiger partial charge in [-0.05, 0) is 43.5 Å². The van der Waals surface area contributed by atoms with Gasteiger partial charge in [0.15, 0.2) is 0 Å². The van der Waals surface area contributed by atoms with Crippen LogP contribution in [0.1, 0.15) is 41.7 Å². The molecule has 1 saturated heterocycles. The third kappa shape index (κ3) is 4.89. The van der Waals surface area contributed by atoms with Gasteiger partial charge in [-0.1, -0.05) is 30.3 Å². The van der Waals surface area contributed by atoms with Crippen LogP contribution in [0.3, 0.4) is 0 Å². The molecule has 2 atom stereocenters. The van der Waals surface area contributed by atoms with E-state index in [9.17, 15) is 18.3 Å². The van der Waals surface area contributed by atoms with Crippen molar-refractivity contribution in [2.75, 3.05) is 18.5 Å². The van der Waals surface area contributed by atoms with E-state index in [0.29, 0.717) is 18.8 Å². The maximum absolute atomic E-state index is 13.0. The quantitative estimate of drug-likeness (QED) is 0.625. The lowest BCUT2D eigenvalue weighted by molar-refractivity contribution is 0.0696. The second kappa shape index (κ2) is 8.72. The number of rotatable bonds is 8. The molecule has 1 fully saturated rings. The van der Waals surface area contributed by atoms with Gasteiger partial charge in [-0.15, -0.1) is 0 Å². The molecule has 3 N–H and O–H groups in total. The van der Waals surface area contributed by atoms with Gasteiger partial charge in [-0.25, -0.2) is 17.9 Å². The molecule has 150 valence electrons. The van der Waals surface area contributed by atoms with Gasteiger partial charge in [0.05, 0.1) is 17.4 Å². The number of benzene rings is 2. The van der Waals surface area contributed by atoms with Crippen molar-refractivity contribution in [1.82, 2.24) is 4.72 Å². The summed E-state index contributed by atoms with van der Waals surface area (Å²) in [6.07, 6.45) is 1.91. The molecule has 1 heterocycles. The van der Waals surface area contributed by atoms with Gasteiger partial charge in [0.1, 0.15) is 4.90 Å². The van der Waals surface area contributed by atoms with Crippen molar-refractivity contribution in [2.24, 2.45) is 0 Å². The summed E-state index contributed by atoms with van der Waals surface area (Å²) in [6, 6.07) is 12.8. The second-order valence-corrected chi connectivity index (χ2v) is 8.47. The Hall–Kier alpha value is -2.42. The van der Waals surface area contributed by atoms with E-state index in [0.717, 1.165) is 18.4 Å². The summed E-state index contributed by atoms with van der Waals surface area (Å²) in [7, 11) is -3.96. The molecule has 0 saturated carbocycles. The molecule has 0 aromatic heterocycles. The first kappa shape index (κ1) is 20.3. The van der Waals surface area contributed by atoms with E-state index in [1.165, 1.54) is 18.2 Å². The van der Waals surface area contributed by atoms with Crippen LogP contribution in [0.5, 0.6) is 0 Å². The standard InChI is InChI=1S/C20H24N2O5S/c1-14(15-6-3-2-4-7-15)22-28(25,26)19-12-16(20(23)24)9-10-18(19)21-13-17-8-5-11-27-17/h2-4,6-7,9-10,12,14,17,21-22H,5,8,11,13H2,1H3,(H,23,24)/t14-,17+/m1/s1. The fourth-order valence-electron chi connectivity index (χ4n) is 3.16. The molecule has 28 heavy (non-hydrogen) atoms. The van der Waals surface area contributed by atoms with Crippen molar-refractivity contribution in [2.45, 2.75) is 36.8 Å². The van der Waals surface area contributed by atoms with E-state index < -0.39 is 22.0 Å². The van der Waals surface area contributed by atoms with Crippen molar-refractivity contribution in [1.29, 1.82) is 0 Å². The van der Waals surface area contributed by atoms with Crippen molar-refractivity contribution < 1.29 is 23.1 Å². The van der Waals surface area contributed by atoms with Crippen LogP contribution in [0, 0.1) is 0 Å². The molecule has 0 aliphatic carbocycles. The molecule has 0 spiro atoms. The molecule has 8 heteroatoms. The van der Waals surface area contributed by atoms with Gasteiger partial charge in [0, 0.05) is 19.2 Å². The van der Waals surface area contributed by atoms with Crippen LogP contribution < -0.4 is 10.0 Å². The molecule has 0 amide bonds. The number of aromatic carboxylic acids is 1. The van der Waals surface area contributed by atoms with Gasteiger partial charge in [-0.3, -0.25) is 0 Å². The highest BCUT2D eigenvalue weighted by Crippen LogP contribution is 2.26. The van der Waals surface area contributed by atoms with E-state index in [1.807, 2.05) is 30.3 Å².